The number of aromatic nitrogens is 3. The van der Waals surface area contributed by atoms with Gasteiger partial charge in [-0.25, -0.2) is 19.2 Å². The molecule has 0 atom stereocenters. The minimum atomic E-state index is -2.56. The molecule has 0 bridgehead atoms. The maximum Gasteiger partial charge on any atom is 0.341 e. The zero-order valence-electron chi connectivity index (χ0n) is 20.0. The lowest BCUT2D eigenvalue weighted by Crippen LogP contribution is -2.25. The van der Waals surface area contributed by atoms with Gasteiger partial charge < -0.3 is 4.74 Å². The molecule has 8 heteroatoms. The van der Waals surface area contributed by atoms with E-state index in [4.69, 9.17) is 9.48 Å². The van der Waals surface area contributed by atoms with Gasteiger partial charge in [0.2, 0.25) is 0 Å². The molecule has 0 spiro atoms. The van der Waals surface area contributed by atoms with E-state index < -0.39 is 7.05 Å². The molecule has 3 aromatic carbocycles. The van der Waals surface area contributed by atoms with Crippen molar-refractivity contribution >= 4 is 45.3 Å². The summed E-state index contributed by atoms with van der Waals surface area (Å²) in [5.41, 5.74) is 1.24. The maximum atomic E-state index is 13.3. The van der Waals surface area contributed by atoms with E-state index in [-0.39, 0.29) is 12.6 Å². The minimum absolute atomic E-state index is 0.280. The third-order valence-electron chi connectivity index (χ3n) is 5.84. The van der Waals surface area contributed by atoms with Crippen molar-refractivity contribution < 1.29 is 9.53 Å². The fourth-order valence-electron chi connectivity index (χ4n) is 4.22. The van der Waals surface area contributed by atoms with E-state index in [0.717, 1.165) is 26.5 Å². The Balaban J connectivity index is 1.91. The van der Waals surface area contributed by atoms with Crippen LogP contribution in [0.4, 0.5) is 5.00 Å². The normalized spacial score (nSPS) is 11.3. The number of carbonyl (C=O) groups is 1. The molecule has 0 unspecified atom stereocenters. The van der Waals surface area contributed by atoms with Crippen LogP contribution in [0.2, 0.25) is 0 Å². The van der Waals surface area contributed by atoms with Gasteiger partial charge in [0.05, 0.1) is 13.7 Å². The predicted molar refractivity (Wildman–Crippen MR) is 147 cm³/mol. The molecule has 180 valence electrons. The average molecular weight is 513 g/mol. The van der Waals surface area contributed by atoms with Crippen LogP contribution < -0.4 is 15.9 Å². The van der Waals surface area contributed by atoms with Crippen molar-refractivity contribution in [1.82, 2.24) is 14.8 Å². The second-order valence-electron chi connectivity index (χ2n) is 8.01. The molecule has 5 aromatic rings. The lowest BCUT2D eigenvalue weighted by atomic mass is 10.2. The lowest BCUT2D eigenvalue weighted by Gasteiger charge is -2.26. The molecule has 2 heterocycles. The number of hydrogen-bond donors (Lipinski definition) is 0. The molecule has 0 amide bonds. The highest BCUT2D eigenvalue weighted by atomic mass is 32.1. The number of rotatable bonds is 7. The van der Waals surface area contributed by atoms with Crippen molar-refractivity contribution in [3.05, 3.63) is 115 Å². The van der Waals surface area contributed by atoms with Crippen LogP contribution >= 0.6 is 18.4 Å². The number of thiophene rings is 1. The van der Waals surface area contributed by atoms with Crippen LogP contribution in [0.3, 0.4) is 0 Å². The number of hydrogen-bond acceptors (Lipinski definition) is 6. The van der Waals surface area contributed by atoms with Crippen LogP contribution in [0, 0.1) is 6.92 Å². The van der Waals surface area contributed by atoms with Gasteiger partial charge >= 0.3 is 5.97 Å². The van der Waals surface area contributed by atoms with Gasteiger partial charge in [-0.15, -0.1) is 0 Å². The summed E-state index contributed by atoms with van der Waals surface area (Å²) in [5, 5.41) is 9.04. The van der Waals surface area contributed by atoms with Gasteiger partial charge in [0, 0.05) is 21.5 Å². The highest BCUT2D eigenvalue weighted by molar-refractivity contribution is 7.87. The Hall–Kier alpha value is -3.80. The van der Waals surface area contributed by atoms with E-state index in [1.165, 1.54) is 17.7 Å². The Labute approximate surface area is 214 Å². The van der Waals surface area contributed by atoms with Crippen LogP contribution in [0.25, 0.3) is 5.00 Å². The van der Waals surface area contributed by atoms with E-state index in [1.807, 2.05) is 68.4 Å². The Bertz CT molecular complexity index is 1410. The monoisotopic (exact) mass is 512 g/mol. The molecule has 0 aliphatic heterocycles. The zero-order chi connectivity index (χ0) is 25.0. The first-order valence-corrected chi connectivity index (χ1v) is 14.2. The summed E-state index contributed by atoms with van der Waals surface area (Å²) in [4.78, 5) is 17.4. The maximum absolute atomic E-state index is 13.3. The molecule has 0 fully saturated rings. The van der Waals surface area contributed by atoms with Crippen molar-refractivity contribution in [2.45, 2.75) is 13.8 Å². The summed E-state index contributed by atoms with van der Waals surface area (Å²) in [6.45, 7) is 4.00. The van der Waals surface area contributed by atoms with Crippen molar-refractivity contribution in [2.24, 2.45) is 4.74 Å². The number of ether oxygens (including phenoxy) is 1. The molecule has 36 heavy (non-hydrogen) atoms. The molecule has 0 N–H and O–H groups in total. The Kier molecular flexibility index (Phi) is 6.94. The molecule has 0 aliphatic rings. The van der Waals surface area contributed by atoms with Crippen LogP contribution in [-0.2, 0) is 4.74 Å². The first-order chi connectivity index (χ1) is 17.6. The van der Waals surface area contributed by atoms with Crippen LogP contribution in [0.1, 0.15) is 22.8 Å². The van der Waals surface area contributed by atoms with Gasteiger partial charge in [-0.1, -0.05) is 102 Å². The molecule has 5 rings (SSSR count). The van der Waals surface area contributed by atoms with E-state index in [2.05, 4.69) is 46.5 Å². The summed E-state index contributed by atoms with van der Waals surface area (Å²) >= 11 is 1.43. The standard InChI is InChI=1S/C28H25N4O2PS/c1-3-34-28(33)25-21(2)27(32-20-29-19-30-32)36-26(25)31-35(22-13-7-4-8-14-22,23-15-9-5-10-16-23)24-17-11-6-12-18-24/h4-20H,3H2,1-2H3. The molecule has 0 saturated heterocycles. The van der Waals surface area contributed by atoms with Crippen molar-refractivity contribution in [3.63, 3.8) is 0 Å². The fraction of sp³-hybridized carbons (Fsp3) is 0.107. The Morgan fingerprint density at radius 3 is 1.89 bits per heavy atom. The Morgan fingerprint density at radius 2 is 1.44 bits per heavy atom. The van der Waals surface area contributed by atoms with Crippen molar-refractivity contribution in [2.75, 3.05) is 6.61 Å². The van der Waals surface area contributed by atoms with Gasteiger partial charge in [-0.05, 0) is 13.8 Å². The smallest absolute Gasteiger partial charge is 0.341 e. The summed E-state index contributed by atoms with van der Waals surface area (Å²) in [6, 6.07) is 31.0. The van der Waals surface area contributed by atoms with E-state index in [1.54, 1.807) is 11.0 Å². The van der Waals surface area contributed by atoms with Crippen LogP contribution in [0.5, 0.6) is 0 Å². The quantitative estimate of drug-likeness (QED) is 0.210. The van der Waals surface area contributed by atoms with Crippen LogP contribution in [0.15, 0.2) is 108 Å². The van der Waals surface area contributed by atoms with Crippen molar-refractivity contribution in [1.29, 1.82) is 0 Å². The van der Waals surface area contributed by atoms with E-state index >= 15 is 0 Å². The number of nitrogens with zero attached hydrogens (tertiary/aromatic N) is 4. The fourth-order valence-corrected chi connectivity index (χ4v) is 9.14. The van der Waals surface area contributed by atoms with Crippen LogP contribution in [-0.4, -0.2) is 27.3 Å². The molecular formula is C28H25N4O2PS. The van der Waals surface area contributed by atoms with Gasteiger partial charge in [0.1, 0.15) is 28.2 Å². The van der Waals surface area contributed by atoms with E-state index in [9.17, 15) is 4.79 Å². The zero-order valence-corrected chi connectivity index (χ0v) is 21.7. The second kappa shape index (κ2) is 10.4. The first kappa shape index (κ1) is 23.9. The lowest BCUT2D eigenvalue weighted by molar-refractivity contribution is 0.0527. The summed E-state index contributed by atoms with van der Waals surface area (Å²) in [7, 11) is -2.56. The van der Waals surface area contributed by atoms with Crippen molar-refractivity contribution in [3.8, 4) is 5.00 Å². The largest absolute Gasteiger partial charge is 0.462 e. The topological polar surface area (TPSA) is 69.4 Å². The minimum Gasteiger partial charge on any atom is -0.462 e. The molecule has 0 radical (unpaired) electrons. The third kappa shape index (κ3) is 4.32. The molecule has 0 aliphatic carbocycles. The molecule has 2 aromatic heterocycles. The molecular weight excluding hydrogens is 487 g/mol. The van der Waals surface area contributed by atoms with Gasteiger partial charge in [0.15, 0.2) is 0 Å². The summed E-state index contributed by atoms with van der Waals surface area (Å²) in [6.07, 6.45) is 3.11. The third-order valence-corrected chi connectivity index (χ3v) is 10.8. The predicted octanol–water partition coefficient (Wildman–Crippen LogP) is 5.62. The van der Waals surface area contributed by atoms with Gasteiger partial charge in [0.25, 0.3) is 0 Å². The number of carbonyl (C=O) groups excluding carboxylic acids is 1. The molecule has 0 saturated carbocycles. The number of benzene rings is 3. The highest BCUT2D eigenvalue weighted by Crippen LogP contribution is 2.52. The Morgan fingerprint density at radius 1 is 0.917 bits per heavy atom. The molecule has 6 nitrogen and oxygen atoms in total. The van der Waals surface area contributed by atoms with Gasteiger partial charge in [-0.3, -0.25) is 0 Å². The number of esters is 1. The summed E-state index contributed by atoms with van der Waals surface area (Å²) < 4.78 is 12.7. The van der Waals surface area contributed by atoms with E-state index in [0.29, 0.717) is 10.6 Å². The first-order valence-electron chi connectivity index (χ1n) is 11.6. The second-order valence-corrected chi connectivity index (χ2v) is 12.0. The summed E-state index contributed by atoms with van der Waals surface area (Å²) in [5.74, 6) is -0.386. The average Bonchev–Trinajstić information content (AvgIpc) is 3.57. The highest BCUT2D eigenvalue weighted by Gasteiger charge is 2.31. The SMILES string of the molecule is CCOC(=O)c1c(N=P(c2ccccc2)(c2ccccc2)c2ccccc2)sc(-n2cncn2)c1C. The van der Waals surface area contributed by atoms with Gasteiger partial charge in [-0.2, -0.15) is 5.10 Å².